The lowest BCUT2D eigenvalue weighted by Gasteiger charge is -2.40. The molecular formula is C24H31N. The Labute approximate surface area is 152 Å². The van der Waals surface area contributed by atoms with Crippen molar-refractivity contribution in [1.29, 1.82) is 0 Å². The quantitative estimate of drug-likeness (QED) is 0.796. The molecule has 1 fully saturated rings. The van der Waals surface area contributed by atoms with Crippen LogP contribution in [0.15, 0.2) is 42.5 Å². The van der Waals surface area contributed by atoms with Gasteiger partial charge in [0.15, 0.2) is 0 Å². The molecule has 1 nitrogen and oxygen atoms in total. The Morgan fingerprint density at radius 1 is 0.960 bits per heavy atom. The fourth-order valence-electron chi connectivity index (χ4n) is 5.10. The van der Waals surface area contributed by atoms with Gasteiger partial charge >= 0.3 is 0 Å². The summed E-state index contributed by atoms with van der Waals surface area (Å²) >= 11 is 0. The lowest BCUT2D eigenvalue weighted by molar-refractivity contribution is 0.276. The minimum absolute atomic E-state index is 0.191. The van der Waals surface area contributed by atoms with Crippen LogP contribution in [0, 0.1) is 6.92 Å². The third kappa shape index (κ3) is 3.27. The average Bonchev–Trinajstić information content (AvgIpc) is 2.68. The molecule has 0 bridgehead atoms. The summed E-state index contributed by atoms with van der Waals surface area (Å²) in [5.41, 5.74) is 14.1. The van der Waals surface area contributed by atoms with Crippen LogP contribution in [0.25, 0.3) is 0 Å². The third-order valence-corrected chi connectivity index (χ3v) is 6.81. The second-order valence-electron chi connectivity index (χ2n) is 8.36. The number of benzene rings is 2. The molecule has 2 aromatic carbocycles. The summed E-state index contributed by atoms with van der Waals surface area (Å²) in [6, 6.07) is 16.4. The standard InChI is InChI=1S/C24H31N/c1-18-5-4-8-23(15-18)24(17-25)13-11-20(12-14-24)22-10-9-19-6-2-3-7-21(19)16-22/h4-5,8-10,15-16,20H,2-3,6-7,11-14,17,25H2,1H3/t20-,24-. The smallest absolute Gasteiger partial charge is 0.00761 e. The molecule has 0 heterocycles. The molecule has 4 rings (SSSR count). The SMILES string of the molecule is Cc1cccc([C@]2(CN)CC[C@@H](c3ccc4c(c3)CCCC4)CC2)c1. The van der Waals surface area contributed by atoms with Crippen LogP contribution in [0.2, 0.25) is 0 Å². The van der Waals surface area contributed by atoms with Gasteiger partial charge in [-0.25, -0.2) is 0 Å². The molecule has 0 unspecified atom stereocenters. The van der Waals surface area contributed by atoms with Crippen LogP contribution in [0.4, 0.5) is 0 Å². The van der Waals surface area contributed by atoms with E-state index < -0.39 is 0 Å². The summed E-state index contributed by atoms with van der Waals surface area (Å²) in [7, 11) is 0. The Morgan fingerprint density at radius 2 is 1.72 bits per heavy atom. The number of rotatable bonds is 3. The second-order valence-corrected chi connectivity index (χ2v) is 8.36. The fourth-order valence-corrected chi connectivity index (χ4v) is 5.10. The molecule has 132 valence electrons. The topological polar surface area (TPSA) is 26.0 Å². The highest BCUT2D eigenvalue weighted by Gasteiger charge is 2.36. The van der Waals surface area contributed by atoms with E-state index in [4.69, 9.17) is 5.73 Å². The first-order valence-electron chi connectivity index (χ1n) is 10.1. The predicted octanol–water partition coefficient (Wildman–Crippen LogP) is 5.43. The van der Waals surface area contributed by atoms with Crippen molar-refractivity contribution in [3.8, 4) is 0 Å². The van der Waals surface area contributed by atoms with Crippen LogP contribution in [-0.4, -0.2) is 6.54 Å². The van der Waals surface area contributed by atoms with Crippen molar-refractivity contribution in [3.05, 3.63) is 70.3 Å². The van der Waals surface area contributed by atoms with Gasteiger partial charge < -0.3 is 5.73 Å². The number of aryl methyl sites for hydroxylation is 3. The molecule has 2 aliphatic carbocycles. The maximum absolute atomic E-state index is 6.30. The Kier molecular flexibility index (Phi) is 4.69. The first kappa shape index (κ1) is 16.8. The first-order valence-corrected chi connectivity index (χ1v) is 10.1. The first-order chi connectivity index (χ1) is 12.2. The third-order valence-electron chi connectivity index (χ3n) is 6.81. The molecule has 25 heavy (non-hydrogen) atoms. The molecular weight excluding hydrogens is 302 g/mol. The molecule has 0 amide bonds. The molecule has 0 atom stereocenters. The number of hydrogen-bond donors (Lipinski definition) is 1. The van der Waals surface area contributed by atoms with Crippen molar-refractivity contribution in [2.75, 3.05) is 6.54 Å². The highest BCUT2D eigenvalue weighted by Crippen LogP contribution is 2.45. The largest absolute Gasteiger partial charge is 0.330 e. The summed E-state index contributed by atoms with van der Waals surface area (Å²) in [6.45, 7) is 2.96. The monoisotopic (exact) mass is 333 g/mol. The van der Waals surface area contributed by atoms with Crippen LogP contribution in [0.5, 0.6) is 0 Å². The zero-order chi connectivity index (χ0) is 17.3. The molecule has 2 N–H and O–H groups in total. The highest BCUT2D eigenvalue weighted by atomic mass is 14.6. The molecule has 2 aliphatic rings. The second kappa shape index (κ2) is 6.96. The zero-order valence-corrected chi connectivity index (χ0v) is 15.6. The molecule has 0 saturated heterocycles. The van der Waals surface area contributed by atoms with E-state index in [0.29, 0.717) is 0 Å². The van der Waals surface area contributed by atoms with Crippen molar-refractivity contribution in [1.82, 2.24) is 0 Å². The lowest BCUT2D eigenvalue weighted by atomic mass is 9.65. The molecule has 1 saturated carbocycles. The Bertz CT molecular complexity index is 738. The van der Waals surface area contributed by atoms with E-state index in [2.05, 4.69) is 49.4 Å². The Hall–Kier alpha value is -1.60. The van der Waals surface area contributed by atoms with Crippen molar-refractivity contribution < 1.29 is 0 Å². The molecule has 0 aromatic heterocycles. The molecule has 1 heteroatoms. The summed E-state index contributed by atoms with van der Waals surface area (Å²) < 4.78 is 0. The van der Waals surface area contributed by atoms with E-state index in [1.54, 1.807) is 16.7 Å². The fraction of sp³-hybridized carbons (Fsp3) is 0.500. The number of nitrogens with two attached hydrogens (primary N) is 1. The normalized spacial score (nSPS) is 26.2. The van der Waals surface area contributed by atoms with Gasteiger partial charge in [0, 0.05) is 12.0 Å². The van der Waals surface area contributed by atoms with Gasteiger partial charge in [0.2, 0.25) is 0 Å². The zero-order valence-electron chi connectivity index (χ0n) is 15.6. The van der Waals surface area contributed by atoms with Crippen LogP contribution < -0.4 is 5.73 Å². The summed E-state index contributed by atoms with van der Waals surface area (Å²) in [5, 5.41) is 0. The van der Waals surface area contributed by atoms with Crippen LogP contribution in [0.3, 0.4) is 0 Å². The lowest BCUT2D eigenvalue weighted by Crippen LogP contribution is -2.38. The van der Waals surface area contributed by atoms with E-state index in [-0.39, 0.29) is 5.41 Å². The van der Waals surface area contributed by atoms with Gasteiger partial charge in [-0.15, -0.1) is 0 Å². The van der Waals surface area contributed by atoms with Crippen LogP contribution in [0.1, 0.15) is 72.3 Å². The predicted molar refractivity (Wildman–Crippen MR) is 106 cm³/mol. The van der Waals surface area contributed by atoms with Gasteiger partial charge in [-0.1, -0.05) is 48.0 Å². The van der Waals surface area contributed by atoms with Crippen LogP contribution in [-0.2, 0) is 18.3 Å². The van der Waals surface area contributed by atoms with E-state index >= 15 is 0 Å². The molecule has 0 spiro atoms. The molecule has 2 aromatic rings. The minimum Gasteiger partial charge on any atom is -0.330 e. The Morgan fingerprint density at radius 3 is 2.44 bits per heavy atom. The van der Waals surface area contributed by atoms with Gasteiger partial charge in [0.1, 0.15) is 0 Å². The average molecular weight is 334 g/mol. The maximum Gasteiger partial charge on any atom is 0.00761 e. The minimum atomic E-state index is 0.191. The van der Waals surface area contributed by atoms with Gasteiger partial charge in [-0.3, -0.25) is 0 Å². The van der Waals surface area contributed by atoms with Gasteiger partial charge in [-0.05, 0) is 86.5 Å². The summed E-state index contributed by atoms with van der Waals surface area (Å²) in [4.78, 5) is 0. The van der Waals surface area contributed by atoms with Gasteiger partial charge in [0.25, 0.3) is 0 Å². The summed E-state index contributed by atoms with van der Waals surface area (Å²) in [6.07, 6.45) is 10.3. The van der Waals surface area contributed by atoms with Crippen LogP contribution >= 0.6 is 0 Å². The number of hydrogen-bond acceptors (Lipinski definition) is 1. The van der Waals surface area contributed by atoms with E-state index in [1.807, 2.05) is 0 Å². The van der Waals surface area contributed by atoms with Crippen molar-refractivity contribution in [3.63, 3.8) is 0 Å². The molecule has 0 radical (unpaired) electrons. The van der Waals surface area contributed by atoms with E-state index in [9.17, 15) is 0 Å². The highest BCUT2D eigenvalue weighted by molar-refractivity contribution is 5.37. The van der Waals surface area contributed by atoms with Crippen molar-refractivity contribution >= 4 is 0 Å². The Balaban J connectivity index is 1.52. The van der Waals surface area contributed by atoms with E-state index in [0.717, 1.165) is 12.5 Å². The van der Waals surface area contributed by atoms with E-state index in [1.165, 1.54) is 62.5 Å². The molecule has 0 aliphatic heterocycles. The van der Waals surface area contributed by atoms with Crippen molar-refractivity contribution in [2.24, 2.45) is 5.73 Å². The van der Waals surface area contributed by atoms with Gasteiger partial charge in [0.05, 0.1) is 0 Å². The maximum atomic E-state index is 6.30. The van der Waals surface area contributed by atoms with Crippen molar-refractivity contribution in [2.45, 2.75) is 69.6 Å². The van der Waals surface area contributed by atoms with Gasteiger partial charge in [-0.2, -0.15) is 0 Å². The number of fused-ring (bicyclic) bond motifs is 1. The summed E-state index contributed by atoms with van der Waals surface area (Å²) in [5.74, 6) is 0.719.